The normalized spacial score (nSPS) is 17.9. The third-order valence-electron chi connectivity index (χ3n) is 19.4. The summed E-state index contributed by atoms with van der Waals surface area (Å²) in [4.78, 5) is 13.2. The molecule has 1 fully saturated rings. The molecule has 1 saturated heterocycles. The van der Waals surface area contributed by atoms with Crippen LogP contribution in [0.5, 0.6) is 0 Å². The van der Waals surface area contributed by atoms with Crippen molar-refractivity contribution in [2.75, 3.05) is 13.2 Å². The van der Waals surface area contributed by atoms with E-state index in [0.29, 0.717) is 12.8 Å². The van der Waals surface area contributed by atoms with Gasteiger partial charge in [0.15, 0.2) is 6.29 Å². The van der Waals surface area contributed by atoms with E-state index in [9.17, 15) is 30.3 Å². The molecule has 0 aromatic carbocycles. The van der Waals surface area contributed by atoms with Crippen LogP contribution in [0, 0.1) is 0 Å². The van der Waals surface area contributed by atoms with E-state index in [0.717, 1.165) is 70.6 Å². The molecule has 1 aliphatic rings. The highest BCUT2D eigenvalue weighted by atomic mass is 16.7. The SMILES string of the molecule is CC/C=C\C/C=C\C/C=C\C/C=C\C/C=C\CCCCCCCCCCCCCCCCCCCCCCCCCCCC(=O)NC(COC1OC(CO)C(O)C(O)C1O)C(O)CCCCCCCCCCCCCCCCCCCCCCCCCCCCCC. The molecular formula is C83H155NO8. The molecule has 0 aromatic rings. The minimum absolute atomic E-state index is 0.134. The molecule has 0 saturated carbocycles. The summed E-state index contributed by atoms with van der Waals surface area (Å²) in [7, 11) is 0. The summed E-state index contributed by atoms with van der Waals surface area (Å²) in [5, 5.41) is 55.1. The van der Waals surface area contributed by atoms with Crippen molar-refractivity contribution in [3.05, 3.63) is 60.8 Å². The van der Waals surface area contributed by atoms with E-state index in [2.05, 4.69) is 79.9 Å². The molecule has 540 valence electrons. The van der Waals surface area contributed by atoms with Gasteiger partial charge in [-0.1, -0.05) is 402 Å². The van der Waals surface area contributed by atoms with Gasteiger partial charge >= 0.3 is 0 Å². The fourth-order valence-corrected chi connectivity index (χ4v) is 13.1. The zero-order valence-electron chi connectivity index (χ0n) is 60.8. The summed E-state index contributed by atoms with van der Waals surface area (Å²) in [6, 6.07) is -0.720. The van der Waals surface area contributed by atoms with Crippen LogP contribution in [0.4, 0.5) is 0 Å². The number of rotatable bonds is 72. The molecular weight excluding hydrogens is 1140 g/mol. The number of aliphatic hydroxyl groups excluding tert-OH is 5. The van der Waals surface area contributed by atoms with Crippen LogP contribution in [0.15, 0.2) is 60.8 Å². The maximum absolute atomic E-state index is 13.2. The van der Waals surface area contributed by atoms with E-state index in [4.69, 9.17) is 9.47 Å². The van der Waals surface area contributed by atoms with Crippen molar-refractivity contribution in [1.29, 1.82) is 0 Å². The van der Waals surface area contributed by atoms with Gasteiger partial charge in [-0.2, -0.15) is 0 Å². The number of hydrogen-bond donors (Lipinski definition) is 6. The number of allylic oxidation sites excluding steroid dienone is 10. The van der Waals surface area contributed by atoms with Crippen LogP contribution >= 0.6 is 0 Å². The smallest absolute Gasteiger partial charge is 0.220 e. The van der Waals surface area contributed by atoms with Crippen LogP contribution < -0.4 is 5.32 Å². The number of nitrogens with one attached hydrogen (secondary N) is 1. The molecule has 0 bridgehead atoms. The average Bonchev–Trinajstić information content (AvgIpc) is 1.00. The Kier molecular flexibility index (Phi) is 68.5. The highest BCUT2D eigenvalue weighted by Gasteiger charge is 2.44. The number of carbonyl (C=O) groups excluding carboxylic acids is 1. The molecule has 0 aromatic heterocycles. The van der Waals surface area contributed by atoms with E-state index in [1.54, 1.807) is 0 Å². The Hall–Kier alpha value is -2.11. The van der Waals surface area contributed by atoms with Gasteiger partial charge in [0.2, 0.25) is 5.91 Å². The number of aliphatic hydroxyl groups is 5. The van der Waals surface area contributed by atoms with Crippen LogP contribution in [0.25, 0.3) is 0 Å². The molecule has 1 aliphatic heterocycles. The molecule has 9 heteroatoms. The van der Waals surface area contributed by atoms with E-state index < -0.39 is 49.5 Å². The molecule has 0 aliphatic carbocycles. The molecule has 7 atom stereocenters. The maximum atomic E-state index is 13.2. The van der Waals surface area contributed by atoms with E-state index in [1.807, 2.05) is 0 Å². The first-order valence-electron chi connectivity index (χ1n) is 40.5. The molecule has 6 N–H and O–H groups in total. The summed E-state index contributed by atoms with van der Waals surface area (Å²) >= 11 is 0. The first kappa shape index (κ1) is 87.9. The lowest BCUT2D eigenvalue weighted by atomic mass is 9.99. The van der Waals surface area contributed by atoms with Gasteiger partial charge in [-0.05, 0) is 57.8 Å². The lowest BCUT2D eigenvalue weighted by Crippen LogP contribution is -2.60. The van der Waals surface area contributed by atoms with Crippen molar-refractivity contribution in [1.82, 2.24) is 5.32 Å². The lowest BCUT2D eigenvalue weighted by molar-refractivity contribution is -0.302. The monoisotopic (exact) mass is 1290 g/mol. The third kappa shape index (κ3) is 59.2. The Bertz CT molecular complexity index is 1650. The topological polar surface area (TPSA) is 149 Å². The molecule has 0 radical (unpaired) electrons. The second-order valence-corrected chi connectivity index (χ2v) is 28.2. The molecule has 1 heterocycles. The zero-order valence-corrected chi connectivity index (χ0v) is 60.8. The van der Waals surface area contributed by atoms with Gasteiger partial charge in [0.05, 0.1) is 25.4 Å². The Labute approximate surface area is 570 Å². The minimum atomic E-state index is -1.55. The van der Waals surface area contributed by atoms with Crippen LogP contribution in [0.3, 0.4) is 0 Å². The van der Waals surface area contributed by atoms with Gasteiger partial charge in [-0.15, -0.1) is 0 Å². The molecule has 1 rings (SSSR count). The van der Waals surface area contributed by atoms with Crippen LogP contribution in [0.1, 0.15) is 406 Å². The molecule has 92 heavy (non-hydrogen) atoms. The van der Waals surface area contributed by atoms with Crippen LogP contribution in [0.2, 0.25) is 0 Å². The summed E-state index contributed by atoms with van der Waals surface area (Å²) in [6.45, 7) is 3.78. The van der Waals surface area contributed by atoms with E-state index in [-0.39, 0.29) is 12.5 Å². The summed E-state index contributed by atoms with van der Waals surface area (Å²) < 4.78 is 11.4. The molecule has 0 spiro atoms. The standard InChI is InChI=1S/C83H155NO8/c1-3-5-7-9-11-13-15-17-19-21-23-25-27-29-31-33-34-35-36-37-38-39-40-41-42-43-44-45-47-49-51-53-55-57-59-61-63-65-67-69-71-73-79(87)84-76(75-91-83-82(90)81(89)80(88)78(74-85)92-83)77(86)72-70-68-66-64-62-60-58-56-54-52-50-48-46-32-30-28-26-24-22-20-18-16-14-12-10-8-6-4-2/h5,7,11,13,17,19,23,25,29,31,76-78,80-83,85-86,88-90H,3-4,6,8-10,12,14-16,18,20-22,24,26-28,30,32-75H2,1-2H3,(H,84,87)/b7-5-,13-11-,19-17-,25-23-,31-29-. The fourth-order valence-electron chi connectivity index (χ4n) is 13.1. The van der Waals surface area contributed by atoms with Gasteiger partial charge in [-0.3, -0.25) is 4.79 Å². The predicted molar refractivity (Wildman–Crippen MR) is 396 cm³/mol. The highest BCUT2D eigenvalue weighted by Crippen LogP contribution is 2.24. The summed E-state index contributed by atoms with van der Waals surface area (Å²) in [5.41, 5.74) is 0. The van der Waals surface area contributed by atoms with E-state index in [1.165, 1.54) is 308 Å². The Morgan fingerprint density at radius 2 is 0.674 bits per heavy atom. The summed E-state index contributed by atoms with van der Waals surface area (Å²) in [6.07, 6.45) is 93.4. The number of carbonyl (C=O) groups is 1. The fraction of sp³-hybridized carbons (Fsp3) is 0.867. The Morgan fingerprint density at radius 3 is 1.00 bits per heavy atom. The van der Waals surface area contributed by atoms with Crippen molar-refractivity contribution < 1.29 is 39.8 Å². The molecule has 9 nitrogen and oxygen atoms in total. The van der Waals surface area contributed by atoms with Gasteiger partial charge in [0.1, 0.15) is 24.4 Å². The number of amides is 1. The Balaban J connectivity index is 2.03. The van der Waals surface area contributed by atoms with Crippen LogP contribution in [-0.4, -0.2) is 87.5 Å². The van der Waals surface area contributed by atoms with Crippen molar-refractivity contribution in [2.45, 2.75) is 448 Å². The average molecular weight is 1300 g/mol. The largest absolute Gasteiger partial charge is 0.394 e. The quantitative estimate of drug-likeness (QED) is 0.0261. The molecule has 1 amide bonds. The van der Waals surface area contributed by atoms with Gasteiger partial charge < -0.3 is 40.3 Å². The van der Waals surface area contributed by atoms with Crippen molar-refractivity contribution in [2.24, 2.45) is 0 Å². The van der Waals surface area contributed by atoms with Gasteiger partial charge in [0.25, 0.3) is 0 Å². The lowest BCUT2D eigenvalue weighted by Gasteiger charge is -2.40. The van der Waals surface area contributed by atoms with Gasteiger partial charge in [0, 0.05) is 6.42 Å². The second-order valence-electron chi connectivity index (χ2n) is 28.2. The first-order valence-corrected chi connectivity index (χ1v) is 40.5. The molecule has 7 unspecified atom stereocenters. The highest BCUT2D eigenvalue weighted by molar-refractivity contribution is 5.76. The minimum Gasteiger partial charge on any atom is -0.394 e. The van der Waals surface area contributed by atoms with Crippen molar-refractivity contribution in [3.8, 4) is 0 Å². The maximum Gasteiger partial charge on any atom is 0.220 e. The predicted octanol–water partition coefficient (Wildman–Crippen LogP) is 23.3. The Morgan fingerprint density at radius 1 is 0.380 bits per heavy atom. The van der Waals surface area contributed by atoms with Gasteiger partial charge in [-0.25, -0.2) is 0 Å². The summed E-state index contributed by atoms with van der Waals surface area (Å²) in [5.74, 6) is -0.135. The number of unbranched alkanes of at least 4 members (excludes halogenated alkanes) is 52. The van der Waals surface area contributed by atoms with E-state index >= 15 is 0 Å². The van der Waals surface area contributed by atoms with Crippen LogP contribution in [-0.2, 0) is 14.3 Å². The zero-order chi connectivity index (χ0) is 66.4. The van der Waals surface area contributed by atoms with Crippen molar-refractivity contribution >= 4 is 5.91 Å². The van der Waals surface area contributed by atoms with Crippen molar-refractivity contribution in [3.63, 3.8) is 0 Å². The third-order valence-corrected chi connectivity index (χ3v) is 19.4. The second kappa shape index (κ2) is 71.7. The number of hydrogen-bond acceptors (Lipinski definition) is 8. The first-order chi connectivity index (χ1) is 45.3. The number of ether oxygens (including phenoxy) is 2.